The monoisotopic (exact) mass is 994 g/mol. The number of H-pyrrole nitrogens is 2. The Bertz CT molecular complexity index is 3320. The van der Waals surface area contributed by atoms with Gasteiger partial charge in [0.1, 0.15) is 28.4 Å². The second kappa shape index (κ2) is 23.2. The third-order valence-corrected chi connectivity index (χ3v) is 13.8. The summed E-state index contributed by atoms with van der Waals surface area (Å²) in [5.74, 6) is 1.62. The Morgan fingerprint density at radius 2 is 0.973 bits per heavy atom. The van der Waals surface area contributed by atoms with Crippen molar-refractivity contribution in [1.29, 1.82) is 0 Å². The summed E-state index contributed by atoms with van der Waals surface area (Å²) in [5, 5.41) is 4.05. The van der Waals surface area contributed by atoms with Gasteiger partial charge in [-0.2, -0.15) is 0 Å². The topological polar surface area (TPSA) is 185 Å². The maximum absolute atomic E-state index is 12.2. The summed E-state index contributed by atoms with van der Waals surface area (Å²) in [5.41, 5.74) is 7.99. The van der Waals surface area contributed by atoms with Gasteiger partial charge in [0.05, 0.1) is 32.7 Å². The lowest BCUT2D eigenvalue weighted by Gasteiger charge is -2.36. The van der Waals surface area contributed by atoms with E-state index in [-0.39, 0.29) is 11.3 Å². The van der Waals surface area contributed by atoms with Crippen LogP contribution in [0.2, 0.25) is 0 Å². The molecule has 382 valence electrons. The molecule has 0 bridgehead atoms. The lowest BCUT2D eigenvalue weighted by atomic mass is 10.1. The molecular weight excluding hydrogens is 933 g/mol. The summed E-state index contributed by atoms with van der Waals surface area (Å²) < 4.78 is 35.6. The number of anilines is 2. The molecule has 4 aromatic carbocycles. The van der Waals surface area contributed by atoms with Crippen molar-refractivity contribution in [2.45, 2.75) is 45.4 Å². The number of ether oxygens (including phenoxy) is 5. The first-order valence-corrected chi connectivity index (χ1v) is 24.9. The Kier molecular flexibility index (Phi) is 15.9. The van der Waals surface area contributed by atoms with Crippen molar-refractivity contribution in [2.75, 3.05) is 96.6 Å². The van der Waals surface area contributed by atoms with Crippen molar-refractivity contribution in [1.82, 2.24) is 19.8 Å². The Balaban J connectivity index is 0.000000180. The molecule has 0 spiro atoms. The minimum absolute atomic E-state index is 0.299. The molecule has 10 rings (SSSR count). The van der Waals surface area contributed by atoms with Crippen molar-refractivity contribution in [3.8, 4) is 17.2 Å². The average Bonchev–Trinajstić information content (AvgIpc) is 4.01. The minimum Gasteiger partial charge on any atom is -0.497 e. The highest BCUT2D eigenvalue weighted by Crippen LogP contribution is 2.31. The molecule has 0 amide bonds. The first kappa shape index (κ1) is 50.2. The third-order valence-electron chi connectivity index (χ3n) is 13.8. The Morgan fingerprint density at radius 1 is 0.521 bits per heavy atom. The summed E-state index contributed by atoms with van der Waals surface area (Å²) in [6, 6.07) is 25.9. The highest BCUT2D eigenvalue weighted by molar-refractivity contribution is 5.92. The summed E-state index contributed by atoms with van der Waals surface area (Å²) in [6.45, 7) is 11.4. The van der Waals surface area contributed by atoms with Crippen molar-refractivity contribution in [2.24, 2.45) is 0 Å². The van der Waals surface area contributed by atoms with Crippen molar-refractivity contribution >= 4 is 67.4 Å². The van der Waals surface area contributed by atoms with Gasteiger partial charge in [0.15, 0.2) is 0 Å². The molecule has 0 aliphatic carbocycles. The Morgan fingerprint density at radius 3 is 1.44 bits per heavy atom. The summed E-state index contributed by atoms with van der Waals surface area (Å²) in [4.78, 5) is 63.2. The maximum atomic E-state index is 12.2. The second-order valence-corrected chi connectivity index (χ2v) is 18.5. The van der Waals surface area contributed by atoms with Crippen LogP contribution in [0.25, 0.3) is 43.7 Å². The molecule has 73 heavy (non-hydrogen) atoms. The van der Waals surface area contributed by atoms with E-state index in [0.717, 1.165) is 153 Å². The molecule has 0 radical (unpaired) electrons. The maximum Gasteiger partial charge on any atom is 0.513 e. The fourth-order valence-electron chi connectivity index (χ4n) is 9.89. The smallest absolute Gasteiger partial charge is 0.497 e. The van der Waals surface area contributed by atoms with Crippen LogP contribution in [0.3, 0.4) is 0 Å². The van der Waals surface area contributed by atoms with Crippen LogP contribution in [-0.4, -0.2) is 119 Å². The quantitative estimate of drug-likeness (QED) is 0.0428. The number of aromatic nitrogens is 2. The second-order valence-electron chi connectivity index (χ2n) is 18.5. The minimum atomic E-state index is -0.722. The highest BCUT2D eigenvalue weighted by Gasteiger charge is 2.22. The van der Waals surface area contributed by atoms with E-state index in [0.29, 0.717) is 28.4 Å². The Hall–Kier alpha value is -7.76. The highest BCUT2D eigenvalue weighted by atomic mass is 16.7. The molecule has 17 heteroatoms. The molecule has 2 N–H and O–H groups in total. The van der Waals surface area contributed by atoms with E-state index in [1.807, 2.05) is 67.8 Å². The van der Waals surface area contributed by atoms with Crippen molar-refractivity contribution < 1.29 is 42.1 Å². The number of hydrogen-bond acceptors (Lipinski definition) is 15. The van der Waals surface area contributed by atoms with Crippen LogP contribution in [0.15, 0.2) is 116 Å². The van der Waals surface area contributed by atoms with Gasteiger partial charge in [-0.1, -0.05) is 6.07 Å². The van der Waals surface area contributed by atoms with Crippen molar-refractivity contribution in [3.05, 3.63) is 135 Å². The number of nitrogens with one attached hydrogen (secondary N) is 2. The van der Waals surface area contributed by atoms with Crippen LogP contribution >= 0.6 is 0 Å². The van der Waals surface area contributed by atoms with Crippen LogP contribution in [0, 0.1) is 6.92 Å². The number of methoxy groups -OCH3 is 3. The molecule has 2 saturated heterocycles. The fraction of sp³-hybridized carbons (Fsp3) is 0.357. The summed E-state index contributed by atoms with van der Waals surface area (Å²) >= 11 is 0. The van der Waals surface area contributed by atoms with Crippen LogP contribution in [0.5, 0.6) is 17.2 Å². The van der Waals surface area contributed by atoms with Crippen LogP contribution in [0.4, 0.5) is 21.0 Å². The van der Waals surface area contributed by atoms with Crippen LogP contribution in [-0.2, 0) is 22.3 Å². The molecule has 2 aliphatic rings. The number of carbonyl (C=O) groups is 2. The number of aromatic amines is 2. The number of aryl methyl sites for hydroxylation is 3. The third kappa shape index (κ3) is 12.3. The van der Waals surface area contributed by atoms with E-state index in [1.165, 1.54) is 25.3 Å². The predicted octanol–water partition coefficient (Wildman–Crippen LogP) is 9.45. The summed E-state index contributed by atoms with van der Waals surface area (Å²) in [7, 11) is 4.19. The van der Waals surface area contributed by atoms with Gasteiger partial charge in [0, 0.05) is 116 Å². The number of nitrogens with zero attached hydrogens (tertiary/aromatic N) is 4. The molecule has 0 unspecified atom stereocenters. The molecule has 0 atom stereocenters. The first-order chi connectivity index (χ1) is 35.5. The van der Waals surface area contributed by atoms with E-state index in [4.69, 9.17) is 23.0 Å². The van der Waals surface area contributed by atoms with Crippen molar-refractivity contribution in [3.63, 3.8) is 0 Å². The van der Waals surface area contributed by atoms with Gasteiger partial charge in [0.2, 0.25) is 0 Å². The number of rotatable bonds is 15. The van der Waals surface area contributed by atoms with Gasteiger partial charge >= 0.3 is 23.6 Å². The zero-order valence-corrected chi connectivity index (χ0v) is 41.8. The van der Waals surface area contributed by atoms with E-state index < -0.39 is 12.3 Å². The van der Waals surface area contributed by atoms with E-state index in [2.05, 4.69) is 45.1 Å². The molecular formula is C56H62N6O11. The molecule has 6 heterocycles. The lowest BCUT2D eigenvalue weighted by molar-refractivity contribution is 0.120. The van der Waals surface area contributed by atoms with Gasteiger partial charge in [-0.3, -0.25) is 9.80 Å². The van der Waals surface area contributed by atoms with E-state index in [1.54, 1.807) is 37.4 Å². The number of fused-ring (bicyclic) bond motifs is 4. The lowest BCUT2D eigenvalue weighted by Crippen LogP contribution is -2.46. The average molecular weight is 995 g/mol. The molecule has 2 fully saturated rings. The molecule has 4 aromatic heterocycles. The van der Waals surface area contributed by atoms with E-state index >= 15 is 0 Å². The summed E-state index contributed by atoms with van der Waals surface area (Å²) in [6.07, 6.45) is 8.83. The number of benzene rings is 4. The van der Waals surface area contributed by atoms with Gasteiger partial charge in [-0.25, -0.2) is 19.2 Å². The van der Waals surface area contributed by atoms with Gasteiger partial charge in [-0.15, -0.1) is 0 Å². The molecule has 17 nitrogen and oxygen atoms in total. The van der Waals surface area contributed by atoms with Gasteiger partial charge < -0.3 is 52.3 Å². The number of piperazine rings is 2. The number of unbranched alkanes of at least 4 members (excludes halogenated alkanes) is 2. The van der Waals surface area contributed by atoms with Gasteiger partial charge in [0.25, 0.3) is 0 Å². The standard InChI is InChI=1S/C28H31N3O6.C28H31N3O5/c1-34-20-6-8-22-25(17-27(32)37-26(22)16-20)31-13-11-30(12-14-31)10-4-3-5-19-18-29-24-9-7-21(15-23(19)24)36-28(33)35-2;1-19-6-8-22-25(17-27(32)36-26(22)15-19)31-13-11-30(12-14-31)10-4-3-5-20-18-29-24-9-7-21(16-23(20)24)35-28(33)34-2/h6-9,15-18,29H,3-5,10-14H2,1-2H3;6-9,15-18,29H,3-5,10-14H2,1-2H3. The number of carbonyl (C=O) groups excluding carboxylic acids is 2. The predicted molar refractivity (Wildman–Crippen MR) is 282 cm³/mol. The largest absolute Gasteiger partial charge is 0.513 e. The van der Waals surface area contributed by atoms with Crippen LogP contribution < -0.4 is 35.3 Å². The van der Waals surface area contributed by atoms with Crippen LogP contribution in [0.1, 0.15) is 42.4 Å². The molecule has 8 aromatic rings. The normalized spacial score (nSPS) is 14.4. The van der Waals surface area contributed by atoms with Gasteiger partial charge in [-0.05, 0) is 136 Å². The number of hydrogen-bond donors (Lipinski definition) is 2. The molecule has 2 aliphatic heterocycles. The zero-order valence-electron chi connectivity index (χ0n) is 41.8. The SMILES string of the molecule is COC(=O)Oc1ccc2[nH]cc(CCCCN3CCN(c4cc(=O)oc5cc(C)ccc45)CC3)c2c1.COC(=O)Oc1ccc2[nH]cc(CCCCN3CCN(c4cc(=O)oc5cc(OC)ccc45)CC3)c2c1. The van der Waals surface area contributed by atoms with E-state index in [9.17, 15) is 19.2 Å². The fourth-order valence-corrected chi connectivity index (χ4v) is 9.89. The zero-order chi connectivity index (χ0) is 50.8. The first-order valence-electron chi connectivity index (χ1n) is 24.9. The Labute approximate surface area is 422 Å². The molecule has 0 saturated carbocycles.